The zero-order valence-corrected chi connectivity index (χ0v) is 13.6. The third-order valence-electron chi connectivity index (χ3n) is 2.53. The van der Waals surface area contributed by atoms with Crippen LogP contribution in [0, 0.1) is 6.92 Å². The second-order valence-electron chi connectivity index (χ2n) is 4.51. The summed E-state index contributed by atoms with van der Waals surface area (Å²) in [5.41, 5.74) is 1.90. The van der Waals surface area contributed by atoms with Gasteiger partial charge < -0.3 is 5.32 Å². The average Bonchev–Trinajstić information content (AvgIpc) is 2.36. The molecule has 2 aromatic rings. The van der Waals surface area contributed by atoms with Gasteiger partial charge in [0.25, 0.3) is 0 Å². The molecule has 21 heavy (non-hydrogen) atoms. The molecule has 2 rings (SSSR count). The highest BCUT2D eigenvalue weighted by Gasteiger charge is 2.13. The first kappa shape index (κ1) is 15.9. The van der Waals surface area contributed by atoms with Gasteiger partial charge in [0.15, 0.2) is 11.6 Å². The molecule has 0 fully saturated rings. The Balaban J connectivity index is 2.35. The quantitative estimate of drug-likeness (QED) is 0.883. The van der Waals surface area contributed by atoms with Gasteiger partial charge in [0.2, 0.25) is 10.0 Å². The molecule has 2 N–H and O–H groups in total. The van der Waals surface area contributed by atoms with Gasteiger partial charge in [-0.05, 0) is 25.1 Å². The summed E-state index contributed by atoms with van der Waals surface area (Å²) in [6.45, 7) is 1.98. The molecule has 5 nitrogen and oxygen atoms in total. The average molecular weight is 346 g/mol. The van der Waals surface area contributed by atoms with Crippen LogP contribution in [0.3, 0.4) is 0 Å². The van der Waals surface area contributed by atoms with Crippen LogP contribution in [0.25, 0.3) is 0 Å². The Morgan fingerprint density at radius 2 is 1.62 bits per heavy atom. The Bertz CT molecular complexity index is 762. The number of benzene rings is 1. The molecular formula is C13H13Cl2N3O2S. The first-order chi connectivity index (χ1) is 9.74. The summed E-state index contributed by atoms with van der Waals surface area (Å²) in [5, 5.41) is 3.43. The SMILES string of the molecule is Cc1ccc(Nc2nc(NS(C)(=O)=O)c(Cl)cc2Cl)cc1. The summed E-state index contributed by atoms with van der Waals surface area (Å²) >= 11 is 12.0. The lowest BCUT2D eigenvalue weighted by Crippen LogP contribution is -2.12. The minimum atomic E-state index is -3.48. The van der Waals surface area contributed by atoms with Crippen molar-refractivity contribution in [1.29, 1.82) is 0 Å². The fourth-order valence-electron chi connectivity index (χ4n) is 1.58. The Morgan fingerprint density at radius 3 is 2.19 bits per heavy atom. The molecule has 1 heterocycles. The summed E-state index contributed by atoms with van der Waals surface area (Å²) in [4.78, 5) is 4.11. The Hall–Kier alpha value is -1.50. The standard InChI is InChI=1S/C13H13Cl2N3O2S/c1-8-3-5-9(6-4-8)16-12-10(14)7-11(15)13(17-12)18-21(2,19)20/h3-7H,1-2H3,(H2,16,17,18). The topological polar surface area (TPSA) is 71.1 Å². The molecule has 0 saturated carbocycles. The summed E-state index contributed by atoms with van der Waals surface area (Å²) in [6.07, 6.45) is 1.02. The maximum absolute atomic E-state index is 11.3. The predicted octanol–water partition coefficient (Wildman–Crippen LogP) is 3.81. The van der Waals surface area contributed by atoms with Gasteiger partial charge in [-0.3, -0.25) is 4.72 Å². The van der Waals surface area contributed by atoms with E-state index in [1.165, 1.54) is 6.07 Å². The molecule has 0 atom stereocenters. The zero-order chi connectivity index (χ0) is 15.6. The summed E-state index contributed by atoms with van der Waals surface area (Å²) in [6, 6.07) is 9.03. The number of anilines is 3. The highest BCUT2D eigenvalue weighted by Crippen LogP contribution is 2.31. The smallest absolute Gasteiger partial charge is 0.231 e. The molecule has 0 aliphatic carbocycles. The molecule has 0 aliphatic rings. The Kier molecular flexibility index (Phi) is 4.61. The van der Waals surface area contributed by atoms with Crippen molar-refractivity contribution in [3.8, 4) is 0 Å². The lowest BCUT2D eigenvalue weighted by molar-refractivity contribution is 0.606. The van der Waals surface area contributed by atoms with E-state index >= 15 is 0 Å². The molecule has 1 aromatic heterocycles. The van der Waals surface area contributed by atoms with Crippen molar-refractivity contribution in [2.24, 2.45) is 0 Å². The molecule has 0 unspecified atom stereocenters. The van der Waals surface area contributed by atoms with Crippen molar-refractivity contribution in [3.63, 3.8) is 0 Å². The first-order valence-electron chi connectivity index (χ1n) is 5.92. The van der Waals surface area contributed by atoms with Crippen LogP contribution in [-0.4, -0.2) is 19.7 Å². The minimum absolute atomic E-state index is 0.0261. The number of nitrogens with zero attached hydrogens (tertiary/aromatic N) is 1. The molecule has 0 radical (unpaired) electrons. The first-order valence-corrected chi connectivity index (χ1v) is 8.57. The van der Waals surface area contributed by atoms with E-state index in [-0.39, 0.29) is 10.8 Å². The van der Waals surface area contributed by atoms with Crippen LogP contribution in [0.4, 0.5) is 17.3 Å². The van der Waals surface area contributed by atoms with Gasteiger partial charge in [-0.25, -0.2) is 13.4 Å². The summed E-state index contributed by atoms with van der Waals surface area (Å²) in [5.74, 6) is 0.342. The normalized spacial score (nSPS) is 11.2. The summed E-state index contributed by atoms with van der Waals surface area (Å²) in [7, 11) is -3.48. The molecule has 112 valence electrons. The van der Waals surface area contributed by atoms with E-state index in [1.54, 1.807) is 0 Å². The lowest BCUT2D eigenvalue weighted by atomic mass is 10.2. The van der Waals surface area contributed by atoms with Gasteiger partial charge in [0, 0.05) is 5.69 Å². The maximum Gasteiger partial charge on any atom is 0.231 e. The molecule has 1 aromatic carbocycles. The van der Waals surface area contributed by atoms with Crippen LogP contribution < -0.4 is 10.0 Å². The lowest BCUT2D eigenvalue weighted by Gasteiger charge is -2.11. The van der Waals surface area contributed by atoms with Gasteiger partial charge >= 0.3 is 0 Å². The van der Waals surface area contributed by atoms with Crippen molar-refractivity contribution in [2.45, 2.75) is 6.92 Å². The highest BCUT2D eigenvalue weighted by atomic mass is 35.5. The van der Waals surface area contributed by atoms with Crippen molar-refractivity contribution < 1.29 is 8.42 Å². The Morgan fingerprint density at radius 1 is 1.05 bits per heavy atom. The van der Waals surface area contributed by atoms with E-state index in [0.717, 1.165) is 17.5 Å². The Labute approximate surface area is 133 Å². The van der Waals surface area contributed by atoms with Gasteiger partial charge in [0.05, 0.1) is 16.3 Å². The van der Waals surface area contributed by atoms with Crippen molar-refractivity contribution in [2.75, 3.05) is 16.3 Å². The van der Waals surface area contributed by atoms with Gasteiger partial charge in [-0.2, -0.15) is 0 Å². The van der Waals surface area contributed by atoms with Gasteiger partial charge in [-0.15, -0.1) is 0 Å². The summed E-state index contributed by atoms with van der Waals surface area (Å²) < 4.78 is 24.8. The molecular weight excluding hydrogens is 333 g/mol. The number of rotatable bonds is 4. The molecule has 0 bridgehead atoms. The van der Waals surface area contributed by atoms with Crippen molar-refractivity contribution in [1.82, 2.24) is 4.98 Å². The van der Waals surface area contributed by atoms with Crippen molar-refractivity contribution >= 4 is 50.5 Å². The van der Waals surface area contributed by atoms with Crippen LogP contribution in [0.5, 0.6) is 0 Å². The number of hydrogen-bond donors (Lipinski definition) is 2. The predicted molar refractivity (Wildman–Crippen MR) is 87.2 cm³/mol. The van der Waals surface area contributed by atoms with E-state index in [9.17, 15) is 8.42 Å². The van der Waals surface area contributed by atoms with Crippen LogP contribution in [0.2, 0.25) is 10.0 Å². The van der Waals surface area contributed by atoms with E-state index in [2.05, 4.69) is 15.0 Å². The number of aromatic nitrogens is 1. The molecule has 0 amide bonds. The minimum Gasteiger partial charge on any atom is -0.339 e. The number of nitrogens with one attached hydrogen (secondary N) is 2. The fraction of sp³-hybridized carbons (Fsp3) is 0.154. The van der Waals surface area contributed by atoms with E-state index in [0.29, 0.717) is 10.8 Å². The highest BCUT2D eigenvalue weighted by molar-refractivity contribution is 7.92. The largest absolute Gasteiger partial charge is 0.339 e. The number of halogens is 2. The third kappa shape index (κ3) is 4.49. The fourth-order valence-corrected chi connectivity index (χ4v) is 2.59. The van der Waals surface area contributed by atoms with Gasteiger partial charge in [0.1, 0.15) is 0 Å². The molecule has 0 aliphatic heterocycles. The second-order valence-corrected chi connectivity index (χ2v) is 7.08. The van der Waals surface area contributed by atoms with Crippen LogP contribution in [0.1, 0.15) is 5.56 Å². The van der Waals surface area contributed by atoms with E-state index < -0.39 is 10.0 Å². The van der Waals surface area contributed by atoms with Crippen LogP contribution in [-0.2, 0) is 10.0 Å². The monoisotopic (exact) mass is 345 g/mol. The van der Waals surface area contributed by atoms with Gasteiger partial charge in [-0.1, -0.05) is 40.9 Å². The number of pyridine rings is 1. The second kappa shape index (κ2) is 6.09. The number of aryl methyl sites for hydroxylation is 1. The van der Waals surface area contributed by atoms with Crippen LogP contribution in [0.15, 0.2) is 30.3 Å². The maximum atomic E-state index is 11.3. The third-order valence-corrected chi connectivity index (χ3v) is 3.67. The number of hydrogen-bond acceptors (Lipinski definition) is 4. The van der Waals surface area contributed by atoms with E-state index in [4.69, 9.17) is 23.2 Å². The molecule has 8 heteroatoms. The van der Waals surface area contributed by atoms with Crippen LogP contribution >= 0.6 is 23.2 Å². The molecule has 0 spiro atoms. The van der Waals surface area contributed by atoms with E-state index in [1.807, 2.05) is 31.2 Å². The van der Waals surface area contributed by atoms with Crippen molar-refractivity contribution in [3.05, 3.63) is 45.9 Å². The molecule has 0 saturated heterocycles. The number of sulfonamides is 1. The zero-order valence-electron chi connectivity index (χ0n) is 11.3.